The average molecular weight is 291 g/mol. The highest BCUT2D eigenvalue weighted by Crippen LogP contribution is 2.40. The highest BCUT2D eigenvalue weighted by molar-refractivity contribution is 6.04. The number of benzene rings is 1. The van der Waals surface area contributed by atoms with Crippen molar-refractivity contribution < 1.29 is 19.4 Å². The number of carbonyl (C=O) groups excluding carboxylic acids is 1. The molecule has 1 fully saturated rings. The molecule has 7 heteroatoms. The number of fused-ring (bicyclic) bond motifs is 1. The van der Waals surface area contributed by atoms with Gasteiger partial charge in [0.05, 0.1) is 5.69 Å². The van der Waals surface area contributed by atoms with E-state index in [0.29, 0.717) is 11.4 Å². The molecule has 3 rings (SSSR count). The second kappa shape index (κ2) is 5.61. The molecule has 0 atom stereocenters. The molecule has 1 saturated heterocycles. The fourth-order valence-corrected chi connectivity index (χ4v) is 2.70. The Morgan fingerprint density at radius 2 is 2.10 bits per heavy atom. The van der Waals surface area contributed by atoms with E-state index < -0.39 is 5.97 Å². The Morgan fingerprint density at radius 1 is 1.33 bits per heavy atom. The summed E-state index contributed by atoms with van der Waals surface area (Å²) in [6.45, 7) is 2.87. The number of carboxylic acid groups (broad SMARTS) is 1. The molecule has 0 aromatic heterocycles. The van der Waals surface area contributed by atoms with Crippen LogP contribution in [0.5, 0.6) is 5.75 Å². The molecular weight excluding hydrogens is 274 g/mol. The van der Waals surface area contributed by atoms with E-state index in [-0.39, 0.29) is 19.1 Å². The van der Waals surface area contributed by atoms with E-state index in [1.165, 1.54) is 4.90 Å². The molecule has 2 N–H and O–H groups in total. The van der Waals surface area contributed by atoms with Crippen LogP contribution in [0.25, 0.3) is 0 Å². The first-order valence-electron chi connectivity index (χ1n) is 6.90. The maximum Gasteiger partial charge on any atom is 0.323 e. The van der Waals surface area contributed by atoms with Gasteiger partial charge in [-0.15, -0.1) is 0 Å². The second-order valence-electron chi connectivity index (χ2n) is 5.02. The van der Waals surface area contributed by atoms with Crippen molar-refractivity contribution in [3.8, 4) is 5.75 Å². The normalized spacial score (nSPS) is 18.2. The summed E-state index contributed by atoms with van der Waals surface area (Å²) < 4.78 is 5.45. The van der Waals surface area contributed by atoms with Crippen LogP contribution in [0, 0.1) is 0 Å². The van der Waals surface area contributed by atoms with Crippen LogP contribution in [0.15, 0.2) is 18.2 Å². The number of piperazine rings is 1. The van der Waals surface area contributed by atoms with Gasteiger partial charge in [-0.2, -0.15) is 0 Å². The van der Waals surface area contributed by atoms with E-state index in [1.54, 1.807) is 6.07 Å². The number of amides is 1. The minimum atomic E-state index is -1.04. The molecule has 1 amide bonds. The van der Waals surface area contributed by atoms with Gasteiger partial charge < -0.3 is 20.1 Å². The number of rotatable bonds is 3. The van der Waals surface area contributed by atoms with E-state index in [1.807, 2.05) is 12.1 Å². The maximum absolute atomic E-state index is 12.0. The summed E-state index contributed by atoms with van der Waals surface area (Å²) in [7, 11) is 0. The summed E-state index contributed by atoms with van der Waals surface area (Å²) in [5, 5.41) is 12.3. The third-order valence-electron chi connectivity index (χ3n) is 3.65. The quantitative estimate of drug-likeness (QED) is 0.810. The van der Waals surface area contributed by atoms with Crippen molar-refractivity contribution in [1.82, 2.24) is 5.32 Å². The SMILES string of the molecule is O=C(O)CN1C(=O)COc2cccc(N3CCNCC3)c21. The van der Waals surface area contributed by atoms with E-state index >= 15 is 0 Å². The standard InChI is InChI=1S/C14H17N3O4/c18-12-9-21-11-3-1-2-10(16-6-4-15-5-7-16)14(11)17(12)8-13(19)20/h1-3,15H,4-9H2,(H,19,20). The molecule has 2 heterocycles. The van der Waals surface area contributed by atoms with Crippen molar-refractivity contribution in [1.29, 1.82) is 0 Å². The highest BCUT2D eigenvalue weighted by Gasteiger charge is 2.31. The number of ether oxygens (including phenoxy) is 1. The fourth-order valence-electron chi connectivity index (χ4n) is 2.70. The highest BCUT2D eigenvalue weighted by atomic mass is 16.5. The van der Waals surface area contributed by atoms with Crippen LogP contribution in [-0.2, 0) is 9.59 Å². The summed E-state index contributed by atoms with van der Waals surface area (Å²) in [5.41, 5.74) is 1.42. The van der Waals surface area contributed by atoms with Crippen LogP contribution in [0.3, 0.4) is 0 Å². The maximum atomic E-state index is 12.0. The lowest BCUT2D eigenvalue weighted by Gasteiger charge is -2.36. The minimum Gasteiger partial charge on any atom is -0.481 e. The Balaban J connectivity index is 2.02. The molecule has 2 aliphatic rings. The third-order valence-corrected chi connectivity index (χ3v) is 3.65. The van der Waals surface area contributed by atoms with E-state index in [0.717, 1.165) is 31.9 Å². The van der Waals surface area contributed by atoms with Crippen LogP contribution in [0.1, 0.15) is 0 Å². The van der Waals surface area contributed by atoms with Crippen LogP contribution in [0.2, 0.25) is 0 Å². The first kappa shape index (κ1) is 13.7. The van der Waals surface area contributed by atoms with Gasteiger partial charge in [-0.25, -0.2) is 0 Å². The zero-order chi connectivity index (χ0) is 14.8. The van der Waals surface area contributed by atoms with Crippen LogP contribution >= 0.6 is 0 Å². The topological polar surface area (TPSA) is 82.1 Å². The lowest BCUT2D eigenvalue weighted by atomic mass is 10.1. The number of carboxylic acids is 1. The van der Waals surface area contributed by atoms with Crippen LogP contribution < -0.4 is 19.9 Å². The molecule has 112 valence electrons. The van der Waals surface area contributed by atoms with E-state index in [2.05, 4.69) is 10.2 Å². The molecule has 0 spiro atoms. The largest absolute Gasteiger partial charge is 0.481 e. The summed E-state index contributed by atoms with van der Waals surface area (Å²) >= 11 is 0. The van der Waals surface area contributed by atoms with Gasteiger partial charge in [-0.1, -0.05) is 6.07 Å². The Morgan fingerprint density at radius 3 is 2.81 bits per heavy atom. The Labute approximate surface area is 122 Å². The molecule has 0 bridgehead atoms. The number of carbonyl (C=O) groups is 2. The monoisotopic (exact) mass is 291 g/mol. The van der Waals surface area contributed by atoms with Crippen molar-refractivity contribution in [2.24, 2.45) is 0 Å². The van der Waals surface area contributed by atoms with Gasteiger partial charge in [0.25, 0.3) is 5.91 Å². The van der Waals surface area contributed by atoms with Gasteiger partial charge in [-0.05, 0) is 12.1 Å². The van der Waals surface area contributed by atoms with Gasteiger partial charge >= 0.3 is 5.97 Å². The Kier molecular flexibility index (Phi) is 3.66. The molecule has 0 radical (unpaired) electrons. The Bertz CT molecular complexity index is 569. The fraction of sp³-hybridized carbons (Fsp3) is 0.429. The first-order chi connectivity index (χ1) is 10.2. The minimum absolute atomic E-state index is 0.120. The number of nitrogens with one attached hydrogen (secondary N) is 1. The molecule has 0 unspecified atom stereocenters. The smallest absolute Gasteiger partial charge is 0.323 e. The van der Waals surface area contributed by atoms with Gasteiger partial charge in [0.2, 0.25) is 0 Å². The number of nitrogens with zero attached hydrogens (tertiary/aromatic N) is 2. The molecule has 7 nitrogen and oxygen atoms in total. The number of anilines is 2. The molecule has 0 aliphatic carbocycles. The van der Waals surface area contributed by atoms with Crippen LogP contribution in [0.4, 0.5) is 11.4 Å². The summed E-state index contributed by atoms with van der Waals surface area (Å²) in [5.74, 6) is -0.800. The zero-order valence-corrected chi connectivity index (χ0v) is 11.5. The van der Waals surface area contributed by atoms with Crippen LogP contribution in [-0.4, -0.2) is 56.3 Å². The van der Waals surface area contributed by atoms with Gasteiger partial charge in [0, 0.05) is 26.2 Å². The molecule has 1 aromatic carbocycles. The van der Waals surface area contributed by atoms with Crippen molar-refractivity contribution >= 4 is 23.3 Å². The predicted octanol–water partition coefficient (Wildman–Crippen LogP) is -0.0938. The predicted molar refractivity (Wildman–Crippen MR) is 77.0 cm³/mol. The Hall–Kier alpha value is -2.28. The first-order valence-corrected chi connectivity index (χ1v) is 6.90. The van der Waals surface area contributed by atoms with Crippen molar-refractivity contribution in [3.05, 3.63) is 18.2 Å². The molecular formula is C14H17N3O4. The number of para-hydroxylation sites is 1. The van der Waals surface area contributed by atoms with Crippen molar-refractivity contribution in [2.75, 3.05) is 49.1 Å². The molecule has 21 heavy (non-hydrogen) atoms. The molecule has 1 aromatic rings. The number of hydrogen-bond acceptors (Lipinski definition) is 5. The second-order valence-corrected chi connectivity index (χ2v) is 5.02. The lowest BCUT2D eigenvalue weighted by molar-refractivity contribution is -0.137. The molecule has 2 aliphatic heterocycles. The van der Waals surface area contributed by atoms with E-state index in [4.69, 9.17) is 9.84 Å². The number of hydrogen-bond donors (Lipinski definition) is 2. The zero-order valence-electron chi connectivity index (χ0n) is 11.5. The third kappa shape index (κ3) is 2.64. The summed E-state index contributed by atoms with van der Waals surface area (Å²) in [6, 6.07) is 5.54. The van der Waals surface area contributed by atoms with Crippen molar-refractivity contribution in [2.45, 2.75) is 0 Å². The average Bonchev–Trinajstić information content (AvgIpc) is 2.50. The molecule has 0 saturated carbocycles. The van der Waals surface area contributed by atoms with Crippen molar-refractivity contribution in [3.63, 3.8) is 0 Å². The van der Waals surface area contributed by atoms with Gasteiger partial charge in [0.1, 0.15) is 18.0 Å². The lowest BCUT2D eigenvalue weighted by Crippen LogP contribution is -2.46. The summed E-state index contributed by atoms with van der Waals surface area (Å²) in [6.07, 6.45) is 0. The van der Waals surface area contributed by atoms with Gasteiger partial charge in [-0.3, -0.25) is 14.5 Å². The van der Waals surface area contributed by atoms with Gasteiger partial charge in [0.15, 0.2) is 6.61 Å². The summed E-state index contributed by atoms with van der Waals surface area (Å²) in [4.78, 5) is 26.5. The number of aliphatic carboxylic acids is 1. The van der Waals surface area contributed by atoms with E-state index in [9.17, 15) is 9.59 Å².